The summed E-state index contributed by atoms with van der Waals surface area (Å²) in [6.45, 7) is 4.36. The monoisotopic (exact) mass is 155 g/mol. The van der Waals surface area contributed by atoms with E-state index in [-0.39, 0.29) is 12.4 Å². The zero-order chi connectivity index (χ0) is 5.70. The van der Waals surface area contributed by atoms with Crippen LogP contribution in [-0.2, 0) is 0 Å². The molecule has 0 aliphatic rings. The van der Waals surface area contributed by atoms with Crippen LogP contribution in [0, 0.1) is 0 Å². The molecule has 52 valence electrons. The Kier molecular flexibility index (Phi) is 10.8. The zero-order valence-electron chi connectivity index (χ0n) is 5.42. The second kappa shape index (κ2) is 7.60. The Balaban J connectivity index is 0. The molecule has 0 aliphatic carbocycles. The van der Waals surface area contributed by atoms with Crippen molar-refractivity contribution in [3.8, 4) is 0 Å². The van der Waals surface area contributed by atoms with Gasteiger partial charge in [-0.1, -0.05) is 6.92 Å². The SMILES string of the molecule is CCN(C)CCS.Cl. The fourth-order valence-electron chi connectivity index (χ4n) is 0.329. The maximum absolute atomic E-state index is 4.07. The second-order valence-electron chi connectivity index (χ2n) is 1.62. The van der Waals surface area contributed by atoms with Gasteiger partial charge in [0.15, 0.2) is 0 Å². The summed E-state index contributed by atoms with van der Waals surface area (Å²) in [6.07, 6.45) is 0. The maximum Gasteiger partial charge on any atom is 0.00667 e. The van der Waals surface area contributed by atoms with E-state index in [1.807, 2.05) is 0 Å². The normalized spacial score (nSPS) is 9.00. The van der Waals surface area contributed by atoms with E-state index in [4.69, 9.17) is 0 Å². The van der Waals surface area contributed by atoms with Crippen LogP contribution in [0.2, 0.25) is 0 Å². The van der Waals surface area contributed by atoms with Crippen molar-refractivity contribution in [2.75, 3.05) is 25.9 Å². The Labute approximate surface area is 63.3 Å². The fraction of sp³-hybridized carbons (Fsp3) is 1.00. The molecule has 0 saturated heterocycles. The number of nitrogens with zero attached hydrogens (tertiary/aromatic N) is 1. The van der Waals surface area contributed by atoms with Crippen LogP contribution < -0.4 is 0 Å². The minimum absolute atomic E-state index is 0. The predicted molar refractivity (Wildman–Crippen MR) is 44.3 cm³/mol. The first-order chi connectivity index (χ1) is 3.31. The van der Waals surface area contributed by atoms with Gasteiger partial charge >= 0.3 is 0 Å². The third-order valence-electron chi connectivity index (χ3n) is 1.02. The molecule has 0 spiro atoms. The summed E-state index contributed by atoms with van der Waals surface area (Å²) < 4.78 is 0. The topological polar surface area (TPSA) is 3.24 Å². The molecule has 0 amide bonds. The van der Waals surface area contributed by atoms with Crippen LogP contribution in [0.25, 0.3) is 0 Å². The van der Waals surface area contributed by atoms with Crippen LogP contribution in [0.1, 0.15) is 6.92 Å². The van der Waals surface area contributed by atoms with Crippen LogP contribution in [-0.4, -0.2) is 30.8 Å². The van der Waals surface area contributed by atoms with Gasteiger partial charge in [0.2, 0.25) is 0 Å². The van der Waals surface area contributed by atoms with E-state index >= 15 is 0 Å². The molecule has 0 fully saturated rings. The number of hydrogen-bond donors (Lipinski definition) is 1. The lowest BCUT2D eigenvalue weighted by Gasteiger charge is -2.09. The summed E-state index contributed by atoms with van der Waals surface area (Å²) in [5.74, 6) is 0.963. The fourth-order valence-corrected chi connectivity index (χ4v) is 0.670. The zero-order valence-corrected chi connectivity index (χ0v) is 7.13. The van der Waals surface area contributed by atoms with Gasteiger partial charge in [0, 0.05) is 12.3 Å². The average Bonchev–Trinajstić information content (AvgIpc) is 1.68. The molecule has 0 aromatic rings. The number of rotatable bonds is 3. The van der Waals surface area contributed by atoms with Crippen LogP contribution >= 0.6 is 25.0 Å². The van der Waals surface area contributed by atoms with Gasteiger partial charge in [-0.05, 0) is 13.6 Å². The van der Waals surface area contributed by atoms with Crippen LogP contribution in [0.15, 0.2) is 0 Å². The van der Waals surface area contributed by atoms with Crippen molar-refractivity contribution >= 4 is 25.0 Å². The van der Waals surface area contributed by atoms with E-state index in [0.717, 1.165) is 18.8 Å². The van der Waals surface area contributed by atoms with Crippen molar-refractivity contribution < 1.29 is 0 Å². The largest absolute Gasteiger partial charge is 0.306 e. The Hall–Kier alpha value is 0.600. The van der Waals surface area contributed by atoms with Gasteiger partial charge in [-0.25, -0.2) is 0 Å². The molecule has 1 nitrogen and oxygen atoms in total. The van der Waals surface area contributed by atoms with Crippen molar-refractivity contribution in [2.45, 2.75) is 6.92 Å². The molecule has 0 aromatic carbocycles. The van der Waals surface area contributed by atoms with Gasteiger partial charge < -0.3 is 4.90 Å². The molecule has 0 rings (SSSR count). The van der Waals surface area contributed by atoms with Crippen molar-refractivity contribution in [3.63, 3.8) is 0 Å². The molecule has 0 heterocycles. The van der Waals surface area contributed by atoms with Gasteiger partial charge in [0.1, 0.15) is 0 Å². The maximum atomic E-state index is 4.07. The van der Waals surface area contributed by atoms with Gasteiger partial charge in [-0.15, -0.1) is 12.4 Å². The number of hydrogen-bond acceptors (Lipinski definition) is 2. The lowest BCUT2D eigenvalue weighted by molar-refractivity contribution is 0.377. The summed E-state index contributed by atoms with van der Waals surface area (Å²) in [4.78, 5) is 2.23. The average molecular weight is 156 g/mol. The third kappa shape index (κ3) is 6.60. The summed E-state index contributed by atoms with van der Waals surface area (Å²) in [5.41, 5.74) is 0. The highest BCUT2D eigenvalue weighted by Gasteiger charge is 1.86. The summed E-state index contributed by atoms with van der Waals surface area (Å²) >= 11 is 4.07. The number of halogens is 1. The van der Waals surface area contributed by atoms with Crippen LogP contribution in [0.3, 0.4) is 0 Å². The van der Waals surface area contributed by atoms with Gasteiger partial charge in [0.25, 0.3) is 0 Å². The molecule has 0 aliphatic heterocycles. The Morgan fingerprint density at radius 2 is 2.00 bits per heavy atom. The van der Waals surface area contributed by atoms with E-state index in [1.165, 1.54) is 0 Å². The standard InChI is InChI=1S/C5H13NS.ClH/c1-3-6(2)4-5-7;/h7H,3-5H2,1-2H3;1H. The van der Waals surface area contributed by atoms with Crippen molar-refractivity contribution in [3.05, 3.63) is 0 Å². The highest BCUT2D eigenvalue weighted by Crippen LogP contribution is 1.80. The molecular formula is C5H14ClNS. The smallest absolute Gasteiger partial charge is 0.00667 e. The molecule has 0 atom stereocenters. The minimum atomic E-state index is 0. The first-order valence-electron chi connectivity index (χ1n) is 2.60. The summed E-state index contributed by atoms with van der Waals surface area (Å²) in [5, 5.41) is 0. The quantitative estimate of drug-likeness (QED) is 0.602. The van der Waals surface area contributed by atoms with Crippen molar-refractivity contribution in [1.29, 1.82) is 0 Å². The van der Waals surface area contributed by atoms with Gasteiger partial charge in [0.05, 0.1) is 0 Å². The lowest BCUT2D eigenvalue weighted by atomic mass is 10.6. The molecule has 3 heteroatoms. The molecule has 0 unspecified atom stereocenters. The highest BCUT2D eigenvalue weighted by atomic mass is 35.5. The molecule has 0 saturated carbocycles. The van der Waals surface area contributed by atoms with E-state index < -0.39 is 0 Å². The molecule has 0 radical (unpaired) electrons. The Bertz CT molecular complexity index is 43.4. The minimum Gasteiger partial charge on any atom is -0.306 e. The molecule has 8 heavy (non-hydrogen) atoms. The van der Waals surface area contributed by atoms with E-state index in [0.29, 0.717) is 0 Å². The predicted octanol–water partition coefficient (Wildman–Crippen LogP) is 1.29. The Morgan fingerprint density at radius 1 is 1.50 bits per heavy atom. The first kappa shape index (κ1) is 11.4. The number of thiol groups is 1. The summed E-state index contributed by atoms with van der Waals surface area (Å²) in [6, 6.07) is 0. The first-order valence-corrected chi connectivity index (χ1v) is 3.24. The second-order valence-corrected chi connectivity index (χ2v) is 2.07. The third-order valence-corrected chi connectivity index (χ3v) is 1.22. The molecular weight excluding hydrogens is 142 g/mol. The van der Waals surface area contributed by atoms with Crippen LogP contribution in [0.5, 0.6) is 0 Å². The molecule has 0 aromatic heterocycles. The van der Waals surface area contributed by atoms with Crippen molar-refractivity contribution in [2.24, 2.45) is 0 Å². The molecule has 0 bridgehead atoms. The van der Waals surface area contributed by atoms with E-state index in [9.17, 15) is 0 Å². The van der Waals surface area contributed by atoms with Crippen molar-refractivity contribution in [1.82, 2.24) is 4.90 Å². The molecule has 0 N–H and O–H groups in total. The Morgan fingerprint density at radius 3 is 2.12 bits per heavy atom. The van der Waals surface area contributed by atoms with Gasteiger partial charge in [-0.2, -0.15) is 12.6 Å². The summed E-state index contributed by atoms with van der Waals surface area (Å²) in [7, 11) is 2.09. The van der Waals surface area contributed by atoms with E-state index in [1.54, 1.807) is 0 Å². The van der Waals surface area contributed by atoms with Crippen LogP contribution in [0.4, 0.5) is 0 Å². The van der Waals surface area contributed by atoms with E-state index in [2.05, 4.69) is 31.5 Å². The van der Waals surface area contributed by atoms with Gasteiger partial charge in [-0.3, -0.25) is 0 Å². The lowest BCUT2D eigenvalue weighted by Crippen LogP contribution is -2.19. The highest BCUT2D eigenvalue weighted by molar-refractivity contribution is 7.80.